The van der Waals surface area contributed by atoms with Gasteiger partial charge in [0.05, 0.1) is 22.8 Å². The zero-order valence-electron chi connectivity index (χ0n) is 12.7. The van der Waals surface area contributed by atoms with Gasteiger partial charge in [0.2, 0.25) is 0 Å². The van der Waals surface area contributed by atoms with Crippen LogP contribution in [0.25, 0.3) is 10.6 Å². The predicted octanol–water partition coefficient (Wildman–Crippen LogP) is 4.24. The fourth-order valence-electron chi connectivity index (χ4n) is 2.13. The van der Waals surface area contributed by atoms with E-state index in [1.807, 2.05) is 19.1 Å². The molecule has 0 fully saturated rings. The van der Waals surface area contributed by atoms with Gasteiger partial charge in [0.1, 0.15) is 10.8 Å². The van der Waals surface area contributed by atoms with Crippen molar-refractivity contribution in [1.29, 1.82) is 0 Å². The van der Waals surface area contributed by atoms with Gasteiger partial charge in [-0.05, 0) is 37.3 Å². The Morgan fingerprint density at radius 1 is 1.38 bits per heavy atom. The van der Waals surface area contributed by atoms with Gasteiger partial charge in [-0.15, -0.1) is 11.3 Å². The first-order valence-corrected chi connectivity index (χ1v) is 8.34. The molecule has 1 amide bonds. The number of carbonyl (C=O) groups is 1. The molecule has 3 rings (SSSR count). The number of nitrogens with one attached hydrogen (secondary N) is 1. The average Bonchev–Trinajstić information content (AvgIpc) is 2.94. The van der Waals surface area contributed by atoms with Crippen LogP contribution in [0.3, 0.4) is 0 Å². The van der Waals surface area contributed by atoms with Gasteiger partial charge in [-0.25, -0.2) is 9.37 Å². The molecule has 0 unspecified atom stereocenters. The zero-order valence-corrected chi connectivity index (χ0v) is 14.3. The largest absolute Gasteiger partial charge is 0.347 e. The van der Waals surface area contributed by atoms with E-state index < -0.39 is 5.82 Å². The van der Waals surface area contributed by atoms with E-state index >= 15 is 0 Å². The van der Waals surface area contributed by atoms with Crippen molar-refractivity contribution in [3.63, 3.8) is 0 Å². The molecular formula is C17H13ClFN3OS. The summed E-state index contributed by atoms with van der Waals surface area (Å²) >= 11 is 7.40. The molecule has 7 heteroatoms. The number of hydrogen-bond acceptors (Lipinski definition) is 4. The summed E-state index contributed by atoms with van der Waals surface area (Å²) in [5, 5.41) is 3.73. The molecule has 0 atom stereocenters. The number of hydrogen-bond donors (Lipinski definition) is 1. The van der Waals surface area contributed by atoms with Crippen molar-refractivity contribution in [2.24, 2.45) is 0 Å². The van der Waals surface area contributed by atoms with E-state index in [0.717, 1.165) is 27.2 Å². The number of halogens is 2. The van der Waals surface area contributed by atoms with Gasteiger partial charge >= 0.3 is 0 Å². The highest BCUT2D eigenvalue weighted by molar-refractivity contribution is 7.15. The van der Waals surface area contributed by atoms with E-state index in [1.54, 1.807) is 12.4 Å². The lowest BCUT2D eigenvalue weighted by Gasteiger charge is -2.06. The lowest BCUT2D eigenvalue weighted by molar-refractivity contribution is 0.0951. The first-order valence-electron chi connectivity index (χ1n) is 7.14. The summed E-state index contributed by atoms with van der Waals surface area (Å²) < 4.78 is 13.1. The second-order valence-corrected chi connectivity index (χ2v) is 6.57. The molecule has 0 saturated heterocycles. The van der Waals surface area contributed by atoms with Crippen LogP contribution in [-0.2, 0) is 6.54 Å². The number of nitrogens with zero attached hydrogens (tertiary/aromatic N) is 2. The van der Waals surface area contributed by atoms with Gasteiger partial charge in [0.15, 0.2) is 0 Å². The van der Waals surface area contributed by atoms with Crippen LogP contribution in [0.4, 0.5) is 4.39 Å². The van der Waals surface area contributed by atoms with Crippen molar-refractivity contribution in [2.75, 3.05) is 0 Å². The molecule has 0 aliphatic carbocycles. The molecule has 0 spiro atoms. The molecule has 0 radical (unpaired) electrons. The summed E-state index contributed by atoms with van der Waals surface area (Å²) in [4.78, 5) is 21.7. The summed E-state index contributed by atoms with van der Waals surface area (Å²) in [6, 6.07) is 7.48. The minimum Gasteiger partial charge on any atom is -0.347 e. The van der Waals surface area contributed by atoms with E-state index in [9.17, 15) is 9.18 Å². The highest BCUT2D eigenvalue weighted by Crippen LogP contribution is 2.27. The van der Waals surface area contributed by atoms with Gasteiger partial charge in [0.25, 0.3) is 5.91 Å². The van der Waals surface area contributed by atoms with Crippen molar-refractivity contribution in [1.82, 2.24) is 15.3 Å². The Morgan fingerprint density at radius 3 is 2.92 bits per heavy atom. The molecular weight excluding hydrogens is 349 g/mol. The number of aromatic nitrogens is 2. The minimum atomic E-state index is -0.476. The number of rotatable bonds is 4. The summed E-state index contributed by atoms with van der Waals surface area (Å²) in [7, 11) is 0. The maximum atomic E-state index is 13.1. The summed E-state index contributed by atoms with van der Waals surface area (Å²) in [6.07, 6.45) is 3.45. The maximum absolute atomic E-state index is 13.1. The SMILES string of the molecule is Cc1nc(-c2cccnc2)sc1CNC(=O)c1ccc(F)cc1Cl. The topological polar surface area (TPSA) is 54.9 Å². The van der Waals surface area contributed by atoms with E-state index in [-0.39, 0.29) is 16.5 Å². The molecule has 0 aliphatic rings. The van der Waals surface area contributed by atoms with E-state index in [0.29, 0.717) is 6.54 Å². The molecule has 4 nitrogen and oxygen atoms in total. The van der Waals surface area contributed by atoms with E-state index in [1.165, 1.54) is 23.5 Å². The van der Waals surface area contributed by atoms with Gasteiger partial charge in [-0.3, -0.25) is 9.78 Å². The molecule has 2 aromatic heterocycles. The van der Waals surface area contributed by atoms with Crippen LogP contribution in [0.5, 0.6) is 0 Å². The molecule has 24 heavy (non-hydrogen) atoms. The quantitative estimate of drug-likeness (QED) is 0.756. The van der Waals surface area contributed by atoms with Crippen LogP contribution in [0.2, 0.25) is 5.02 Å². The van der Waals surface area contributed by atoms with Crippen molar-refractivity contribution < 1.29 is 9.18 Å². The number of carbonyl (C=O) groups excluding carboxylic acids is 1. The van der Waals surface area contributed by atoms with E-state index in [2.05, 4.69) is 15.3 Å². The minimum absolute atomic E-state index is 0.0876. The Kier molecular flexibility index (Phi) is 4.87. The lowest BCUT2D eigenvalue weighted by atomic mass is 10.2. The summed E-state index contributed by atoms with van der Waals surface area (Å²) in [6.45, 7) is 2.22. The van der Waals surface area contributed by atoms with Crippen LogP contribution < -0.4 is 5.32 Å². The molecule has 0 aliphatic heterocycles. The van der Waals surface area contributed by atoms with Crippen LogP contribution in [-0.4, -0.2) is 15.9 Å². The highest BCUT2D eigenvalue weighted by atomic mass is 35.5. The third kappa shape index (κ3) is 3.60. The fraction of sp³-hybridized carbons (Fsp3) is 0.118. The number of amides is 1. The lowest BCUT2D eigenvalue weighted by Crippen LogP contribution is -2.23. The Bertz CT molecular complexity index is 883. The van der Waals surface area contributed by atoms with Crippen molar-refractivity contribution >= 4 is 28.8 Å². The van der Waals surface area contributed by atoms with Crippen LogP contribution in [0.1, 0.15) is 20.9 Å². The second-order valence-electron chi connectivity index (χ2n) is 5.08. The highest BCUT2D eigenvalue weighted by Gasteiger charge is 2.14. The molecule has 1 N–H and O–H groups in total. The average molecular weight is 362 g/mol. The number of aryl methyl sites for hydroxylation is 1. The molecule has 2 heterocycles. The van der Waals surface area contributed by atoms with Crippen LogP contribution >= 0.6 is 22.9 Å². The third-order valence-electron chi connectivity index (χ3n) is 3.39. The number of benzene rings is 1. The van der Waals surface area contributed by atoms with Crippen molar-refractivity contribution in [3.8, 4) is 10.6 Å². The fourth-order valence-corrected chi connectivity index (χ4v) is 3.38. The van der Waals surface area contributed by atoms with Crippen LogP contribution in [0, 0.1) is 12.7 Å². The summed E-state index contributed by atoms with van der Waals surface area (Å²) in [5.74, 6) is -0.827. The Hall–Kier alpha value is -2.31. The van der Waals surface area contributed by atoms with Gasteiger partial charge in [0, 0.05) is 22.8 Å². The number of pyridine rings is 1. The maximum Gasteiger partial charge on any atom is 0.253 e. The van der Waals surface area contributed by atoms with Gasteiger partial charge < -0.3 is 5.32 Å². The first kappa shape index (κ1) is 16.5. The molecule has 3 aromatic rings. The summed E-state index contributed by atoms with van der Waals surface area (Å²) in [5.41, 5.74) is 2.03. The van der Waals surface area contributed by atoms with E-state index in [4.69, 9.17) is 11.6 Å². The van der Waals surface area contributed by atoms with Gasteiger partial charge in [-0.2, -0.15) is 0 Å². The first-order chi connectivity index (χ1) is 11.5. The zero-order chi connectivity index (χ0) is 17.1. The normalized spacial score (nSPS) is 10.6. The Balaban J connectivity index is 1.73. The Labute approximate surface area is 147 Å². The number of thiazole rings is 1. The predicted molar refractivity (Wildman–Crippen MR) is 92.7 cm³/mol. The molecule has 122 valence electrons. The molecule has 1 aromatic carbocycles. The molecule has 0 saturated carbocycles. The van der Waals surface area contributed by atoms with Crippen LogP contribution in [0.15, 0.2) is 42.7 Å². The Morgan fingerprint density at radius 2 is 2.21 bits per heavy atom. The standard InChI is InChI=1S/C17H13ClFN3OS/c1-10-15(24-17(22-10)11-3-2-6-20-8-11)9-21-16(23)13-5-4-12(19)7-14(13)18/h2-8H,9H2,1H3,(H,21,23). The monoisotopic (exact) mass is 361 g/mol. The van der Waals surface area contributed by atoms with Crippen molar-refractivity contribution in [3.05, 3.63) is 69.7 Å². The second kappa shape index (κ2) is 7.07. The van der Waals surface area contributed by atoms with Crippen molar-refractivity contribution in [2.45, 2.75) is 13.5 Å². The smallest absolute Gasteiger partial charge is 0.253 e. The third-order valence-corrected chi connectivity index (χ3v) is 4.91. The van der Waals surface area contributed by atoms with Gasteiger partial charge in [-0.1, -0.05) is 11.6 Å². The molecule has 0 bridgehead atoms.